The molecule has 3 rings (SSSR count). The highest BCUT2D eigenvalue weighted by molar-refractivity contribution is 6.31. The Morgan fingerprint density at radius 3 is 2.54 bits per heavy atom. The summed E-state index contributed by atoms with van der Waals surface area (Å²) in [5, 5.41) is 1.78. The number of benzene rings is 2. The van der Waals surface area contributed by atoms with Crippen molar-refractivity contribution in [2.24, 2.45) is 0 Å². The minimum Gasteiger partial charge on any atom is -0.494 e. The number of fused-ring (bicyclic) bond motifs is 1. The zero-order chi connectivity index (χ0) is 17.1. The van der Waals surface area contributed by atoms with Crippen molar-refractivity contribution in [3.05, 3.63) is 53.1 Å². The van der Waals surface area contributed by atoms with E-state index in [1.807, 2.05) is 42.5 Å². The zero-order valence-corrected chi connectivity index (χ0v) is 15.1. The highest BCUT2D eigenvalue weighted by Crippen LogP contribution is 2.34. The topological polar surface area (TPSA) is 25.6 Å². The van der Waals surface area contributed by atoms with Gasteiger partial charge in [0.15, 0.2) is 0 Å². The second kappa shape index (κ2) is 7.29. The number of rotatable bonds is 6. The third-order valence-corrected chi connectivity index (χ3v) is 4.27. The van der Waals surface area contributed by atoms with Crippen molar-refractivity contribution in [1.29, 1.82) is 0 Å². The molecule has 0 aliphatic heterocycles. The van der Waals surface area contributed by atoms with Gasteiger partial charge < -0.3 is 14.1 Å². The van der Waals surface area contributed by atoms with Gasteiger partial charge in [-0.05, 0) is 69.9 Å². The molecule has 0 saturated carbocycles. The van der Waals surface area contributed by atoms with Gasteiger partial charge in [-0.25, -0.2) is 0 Å². The van der Waals surface area contributed by atoms with Crippen LogP contribution in [0.5, 0.6) is 5.75 Å². The molecule has 4 heteroatoms. The number of ether oxygens (including phenoxy) is 1. The Kier molecular flexibility index (Phi) is 5.12. The van der Waals surface area contributed by atoms with E-state index in [-0.39, 0.29) is 0 Å². The summed E-state index contributed by atoms with van der Waals surface area (Å²) in [6.07, 6.45) is 1.01. The van der Waals surface area contributed by atoms with E-state index in [4.69, 9.17) is 20.8 Å². The Morgan fingerprint density at radius 2 is 1.83 bits per heavy atom. The molecule has 2 aromatic carbocycles. The van der Waals surface area contributed by atoms with E-state index in [1.54, 1.807) is 0 Å². The fourth-order valence-electron chi connectivity index (χ4n) is 2.74. The first-order valence-electron chi connectivity index (χ1n) is 8.11. The van der Waals surface area contributed by atoms with Gasteiger partial charge in [-0.2, -0.15) is 0 Å². The maximum atomic E-state index is 6.09. The number of nitrogens with zero attached hydrogens (tertiary/aromatic N) is 1. The quantitative estimate of drug-likeness (QED) is 0.561. The van der Waals surface area contributed by atoms with Crippen LogP contribution in [0.1, 0.15) is 12.0 Å². The van der Waals surface area contributed by atoms with Crippen LogP contribution in [-0.4, -0.2) is 32.1 Å². The average Bonchev–Trinajstić information content (AvgIpc) is 2.89. The van der Waals surface area contributed by atoms with Crippen molar-refractivity contribution in [2.45, 2.75) is 13.3 Å². The molecule has 3 aromatic rings. The normalized spacial score (nSPS) is 11.4. The fraction of sp³-hybridized carbons (Fsp3) is 0.300. The first kappa shape index (κ1) is 16.9. The van der Waals surface area contributed by atoms with Crippen molar-refractivity contribution in [3.8, 4) is 17.1 Å². The van der Waals surface area contributed by atoms with Gasteiger partial charge >= 0.3 is 0 Å². The molecular formula is C20H22ClNO2. The lowest BCUT2D eigenvalue weighted by Gasteiger charge is -2.10. The van der Waals surface area contributed by atoms with Crippen molar-refractivity contribution in [2.75, 3.05) is 27.2 Å². The Hall–Kier alpha value is -1.97. The molecule has 1 heterocycles. The van der Waals surface area contributed by atoms with Gasteiger partial charge in [-0.15, -0.1) is 0 Å². The first-order chi connectivity index (χ1) is 11.5. The lowest BCUT2D eigenvalue weighted by atomic mass is 10.1. The maximum Gasteiger partial charge on any atom is 0.138 e. The van der Waals surface area contributed by atoms with Gasteiger partial charge in [0.25, 0.3) is 0 Å². The largest absolute Gasteiger partial charge is 0.494 e. The van der Waals surface area contributed by atoms with Crippen LogP contribution in [0.25, 0.3) is 22.3 Å². The predicted octanol–water partition coefficient (Wildman–Crippen LogP) is 5.39. The number of aryl methyl sites for hydroxylation is 1. The summed E-state index contributed by atoms with van der Waals surface area (Å²) in [5.41, 5.74) is 3.00. The van der Waals surface area contributed by atoms with Gasteiger partial charge in [0, 0.05) is 28.1 Å². The third kappa shape index (κ3) is 3.74. The van der Waals surface area contributed by atoms with Crippen LogP contribution in [0.15, 0.2) is 46.9 Å². The maximum absolute atomic E-state index is 6.09. The van der Waals surface area contributed by atoms with Crippen molar-refractivity contribution < 1.29 is 9.15 Å². The van der Waals surface area contributed by atoms with E-state index in [2.05, 4.69) is 25.9 Å². The molecule has 0 radical (unpaired) electrons. The minimum atomic E-state index is 0.722. The number of furan rings is 1. The highest BCUT2D eigenvalue weighted by atomic mass is 35.5. The average molecular weight is 344 g/mol. The molecule has 0 unspecified atom stereocenters. The van der Waals surface area contributed by atoms with Crippen molar-refractivity contribution in [1.82, 2.24) is 4.90 Å². The SMILES string of the molecule is Cc1c(-c2ccc(OCCCN(C)C)cc2)oc2ccc(Cl)cc12. The number of hydrogen-bond donors (Lipinski definition) is 0. The molecule has 0 aliphatic carbocycles. The molecule has 24 heavy (non-hydrogen) atoms. The van der Waals surface area contributed by atoms with Gasteiger partial charge in [-0.1, -0.05) is 11.6 Å². The monoisotopic (exact) mass is 343 g/mol. The van der Waals surface area contributed by atoms with Crippen LogP contribution in [0.2, 0.25) is 5.02 Å². The first-order valence-corrected chi connectivity index (χ1v) is 8.49. The van der Waals surface area contributed by atoms with Crippen molar-refractivity contribution in [3.63, 3.8) is 0 Å². The third-order valence-electron chi connectivity index (χ3n) is 4.03. The van der Waals surface area contributed by atoms with Crippen LogP contribution in [-0.2, 0) is 0 Å². The Morgan fingerprint density at radius 1 is 1.08 bits per heavy atom. The summed E-state index contributed by atoms with van der Waals surface area (Å²) < 4.78 is 11.8. The lowest BCUT2D eigenvalue weighted by molar-refractivity contribution is 0.281. The number of hydrogen-bond acceptors (Lipinski definition) is 3. The number of halogens is 1. The molecule has 0 amide bonds. The Bertz CT molecular complexity index is 822. The minimum absolute atomic E-state index is 0.722. The molecule has 0 spiro atoms. The van der Waals surface area contributed by atoms with Crippen LogP contribution in [0.3, 0.4) is 0 Å². The summed E-state index contributed by atoms with van der Waals surface area (Å²) in [6, 6.07) is 13.8. The molecule has 0 bridgehead atoms. The lowest BCUT2D eigenvalue weighted by Crippen LogP contribution is -2.15. The van der Waals surface area contributed by atoms with Crippen LogP contribution >= 0.6 is 11.6 Å². The molecule has 3 nitrogen and oxygen atoms in total. The summed E-state index contributed by atoms with van der Waals surface area (Å²) in [4.78, 5) is 2.16. The molecule has 0 fully saturated rings. The van der Waals surface area contributed by atoms with Crippen LogP contribution in [0, 0.1) is 6.92 Å². The van der Waals surface area contributed by atoms with Crippen LogP contribution < -0.4 is 4.74 Å². The second-order valence-corrected chi connectivity index (χ2v) is 6.66. The molecule has 0 aliphatic rings. The summed E-state index contributed by atoms with van der Waals surface area (Å²) in [7, 11) is 4.13. The molecule has 0 N–H and O–H groups in total. The molecule has 126 valence electrons. The van der Waals surface area contributed by atoms with E-state index in [9.17, 15) is 0 Å². The van der Waals surface area contributed by atoms with E-state index in [0.29, 0.717) is 0 Å². The van der Waals surface area contributed by atoms with E-state index in [0.717, 1.165) is 58.2 Å². The second-order valence-electron chi connectivity index (χ2n) is 6.23. The van der Waals surface area contributed by atoms with Crippen LogP contribution in [0.4, 0.5) is 0 Å². The predicted molar refractivity (Wildman–Crippen MR) is 100 cm³/mol. The summed E-state index contributed by atoms with van der Waals surface area (Å²) in [5.74, 6) is 1.76. The fourth-order valence-corrected chi connectivity index (χ4v) is 2.91. The summed E-state index contributed by atoms with van der Waals surface area (Å²) >= 11 is 6.09. The van der Waals surface area contributed by atoms with Gasteiger partial charge in [-0.3, -0.25) is 0 Å². The molecule has 0 atom stereocenters. The molecule has 1 aromatic heterocycles. The van der Waals surface area contributed by atoms with Gasteiger partial charge in [0.05, 0.1) is 6.61 Å². The standard InChI is InChI=1S/C20H22ClNO2/c1-14-18-13-16(21)7-10-19(18)24-20(14)15-5-8-17(9-6-15)23-12-4-11-22(2)3/h5-10,13H,4,11-12H2,1-3H3. The van der Waals surface area contributed by atoms with Gasteiger partial charge in [0.2, 0.25) is 0 Å². The highest BCUT2D eigenvalue weighted by Gasteiger charge is 2.12. The molecule has 0 saturated heterocycles. The van der Waals surface area contributed by atoms with E-state index >= 15 is 0 Å². The molecular weight excluding hydrogens is 322 g/mol. The smallest absolute Gasteiger partial charge is 0.138 e. The van der Waals surface area contributed by atoms with Gasteiger partial charge in [0.1, 0.15) is 17.1 Å². The zero-order valence-electron chi connectivity index (χ0n) is 14.3. The van der Waals surface area contributed by atoms with Crippen molar-refractivity contribution >= 4 is 22.6 Å². The van der Waals surface area contributed by atoms with E-state index in [1.165, 1.54) is 0 Å². The summed E-state index contributed by atoms with van der Waals surface area (Å²) in [6.45, 7) is 3.81. The Balaban J connectivity index is 1.75. The van der Waals surface area contributed by atoms with E-state index < -0.39 is 0 Å². The Labute approximate surface area is 147 Å².